The first-order valence-electron chi connectivity index (χ1n) is 6.61. The van der Waals surface area contributed by atoms with E-state index in [1.54, 1.807) is 0 Å². The first kappa shape index (κ1) is 16.7. The summed E-state index contributed by atoms with van der Waals surface area (Å²) >= 11 is 0. The molecule has 1 fully saturated rings. The Morgan fingerprint density at radius 1 is 1.23 bits per heavy atom. The Balaban J connectivity index is 2.26. The Morgan fingerprint density at radius 2 is 1.91 bits per heavy atom. The van der Waals surface area contributed by atoms with E-state index in [0.717, 1.165) is 0 Å². The van der Waals surface area contributed by atoms with Crippen LogP contribution in [0.25, 0.3) is 0 Å². The second-order valence-corrected chi connectivity index (χ2v) is 4.97. The van der Waals surface area contributed by atoms with E-state index in [0.29, 0.717) is 0 Å². The second-order valence-electron chi connectivity index (χ2n) is 4.97. The molecule has 22 heavy (non-hydrogen) atoms. The molecule has 1 aliphatic heterocycles. The quantitative estimate of drug-likeness (QED) is 0.482. The summed E-state index contributed by atoms with van der Waals surface area (Å²) < 4.78 is 16.9. The zero-order valence-corrected chi connectivity index (χ0v) is 12.1. The average molecular weight is 317 g/mol. The molecule has 9 nitrogen and oxygen atoms in total. The molecule has 0 spiro atoms. The van der Waals surface area contributed by atoms with Crippen molar-refractivity contribution < 1.29 is 34.6 Å². The van der Waals surface area contributed by atoms with Crippen molar-refractivity contribution in [2.45, 2.75) is 30.7 Å². The van der Waals surface area contributed by atoms with E-state index in [2.05, 4.69) is 0 Å². The molecule has 0 aliphatic carbocycles. The molecule has 1 aliphatic rings. The van der Waals surface area contributed by atoms with Crippen molar-refractivity contribution in [3.63, 3.8) is 0 Å². The van der Waals surface area contributed by atoms with Gasteiger partial charge in [0.1, 0.15) is 24.4 Å². The molecule has 1 aromatic heterocycles. The maximum Gasteiger partial charge on any atom is 0.254 e. The molecule has 9 heteroatoms. The van der Waals surface area contributed by atoms with Crippen molar-refractivity contribution in [3.8, 4) is 11.5 Å². The summed E-state index contributed by atoms with van der Waals surface area (Å²) in [5.41, 5.74) is -0.321. The maximum atomic E-state index is 11.5. The SMILES string of the molecule is COc1cc(=O)n(C)cc1OC1OC(CO)C(O)C(O)C1O. The molecule has 1 saturated heterocycles. The van der Waals surface area contributed by atoms with Gasteiger partial charge in [0.25, 0.3) is 5.56 Å². The highest BCUT2D eigenvalue weighted by Crippen LogP contribution is 2.29. The van der Waals surface area contributed by atoms with Crippen LogP contribution in [0.5, 0.6) is 11.5 Å². The van der Waals surface area contributed by atoms with Crippen molar-refractivity contribution in [1.29, 1.82) is 0 Å². The van der Waals surface area contributed by atoms with Gasteiger partial charge < -0.3 is 39.2 Å². The fourth-order valence-corrected chi connectivity index (χ4v) is 2.13. The number of ether oxygens (including phenoxy) is 3. The standard InChI is InChI=1S/C13H19NO8/c1-14-4-7(6(20-2)3-9(14)16)21-13-12(19)11(18)10(17)8(5-15)22-13/h3-4,8,10-13,15,17-19H,5H2,1-2H3. The molecule has 2 heterocycles. The summed E-state index contributed by atoms with van der Waals surface area (Å²) in [6.45, 7) is -0.560. The Hall–Kier alpha value is -1.65. The molecule has 0 aromatic carbocycles. The van der Waals surface area contributed by atoms with E-state index in [1.165, 1.54) is 31.0 Å². The van der Waals surface area contributed by atoms with E-state index in [9.17, 15) is 20.1 Å². The third-order valence-electron chi connectivity index (χ3n) is 3.47. The monoisotopic (exact) mass is 317 g/mol. The van der Waals surface area contributed by atoms with Gasteiger partial charge in [0, 0.05) is 13.1 Å². The van der Waals surface area contributed by atoms with Gasteiger partial charge >= 0.3 is 0 Å². The summed E-state index contributed by atoms with van der Waals surface area (Å²) in [7, 11) is 2.84. The van der Waals surface area contributed by atoms with E-state index >= 15 is 0 Å². The second kappa shape index (κ2) is 6.63. The summed E-state index contributed by atoms with van der Waals surface area (Å²) in [5.74, 6) is 0.231. The Bertz CT molecular complexity index is 572. The van der Waals surface area contributed by atoms with Gasteiger partial charge in [-0.05, 0) is 0 Å². The van der Waals surface area contributed by atoms with Crippen molar-refractivity contribution in [2.24, 2.45) is 7.05 Å². The lowest BCUT2D eigenvalue weighted by molar-refractivity contribution is -0.277. The van der Waals surface area contributed by atoms with Crippen LogP contribution in [0.2, 0.25) is 0 Å². The summed E-state index contributed by atoms with van der Waals surface area (Å²) in [6, 6.07) is 1.19. The molecule has 124 valence electrons. The van der Waals surface area contributed by atoms with Crippen LogP contribution >= 0.6 is 0 Å². The molecule has 0 saturated carbocycles. The average Bonchev–Trinajstić information content (AvgIpc) is 2.51. The molecular formula is C13H19NO8. The normalized spacial score (nSPS) is 31.8. The smallest absolute Gasteiger partial charge is 0.254 e. The zero-order valence-electron chi connectivity index (χ0n) is 12.1. The van der Waals surface area contributed by atoms with Crippen LogP contribution in [0.1, 0.15) is 0 Å². The number of rotatable bonds is 4. The molecule has 0 radical (unpaired) electrons. The largest absolute Gasteiger partial charge is 0.493 e. The number of aryl methyl sites for hydroxylation is 1. The van der Waals surface area contributed by atoms with Gasteiger partial charge in [0.2, 0.25) is 6.29 Å². The first-order chi connectivity index (χ1) is 10.4. The predicted molar refractivity (Wildman–Crippen MR) is 72.6 cm³/mol. The van der Waals surface area contributed by atoms with Crippen LogP contribution in [0.3, 0.4) is 0 Å². The fourth-order valence-electron chi connectivity index (χ4n) is 2.13. The highest BCUT2D eigenvalue weighted by atomic mass is 16.7. The third kappa shape index (κ3) is 3.08. The van der Waals surface area contributed by atoms with Crippen LogP contribution in [0, 0.1) is 0 Å². The number of methoxy groups -OCH3 is 1. The minimum absolute atomic E-state index is 0.105. The molecule has 2 rings (SSSR count). The van der Waals surface area contributed by atoms with Crippen LogP contribution in [-0.2, 0) is 11.8 Å². The van der Waals surface area contributed by atoms with Gasteiger partial charge in [-0.3, -0.25) is 4.79 Å². The van der Waals surface area contributed by atoms with Crippen molar-refractivity contribution in [2.75, 3.05) is 13.7 Å². The van der Waals surface area contributed by atoms with Gasteiger partial charge in [-0.15, -0.1) is 0 Å². The Kier molecular flexibility index (Phi) is 5.04. The lowest BCUT2D eigenvalue weighted by Gasteiger charge is -2.39. The fraction of sp³-hybridized carbons (Fsp3) is 0.615. The predicted octanol–water partition coefficient (Wildman–Crippen LogP) is -2.43. The minimum atomic E-state index is -1.55. The number of aromatic nitrogens is 1. The molecule has 0 amide bonds. The number of hydrogen-bond acceptors (Lipinski definition) is 8. The molecule has 5 unspecified atom stereocenters. The van der Waals surface area contributed by atoms with Crippen molar-refractivity contribution in [1.82, 2.24) is 4.57 Å². The molecule has 5 atom stereocenters. The number of nitrogens with zero attached hydrogens (tertiary/aromatic N) is 1. The summed E-state index contributed by atoms with van der Waals surface area (Å²) in [4.78, 5) is 11.5. The molecule has 0 bridgehead atoms. The third-order valence-corrected chi connectivity index (χ3v) is 3.47. The van der Waals surface area contributed by atoms with Crippen molar-refractivity contribution >= 4 is 0 Å². The number of aliphatic hydroxyl groups excluding tert-OH is 4. The van der Waals surface area contributed by atoms with E-state index in [4.69, 9.17) is 19.3 Å². The zero-order chi connectivity index (χ0) is 16.4. The topological polar surface area (TPSA) is 131 Å². The minimum Gasteiger partial charge on any atom is -0.493 e. The lowest BCUT2D eigenvalue weighted by Crippen LogP contribution is -2.60. The first-order valence-corrected chi connectivity index (χ1v) is 6.61. The lowest BCUT2D eigenvalue weighted by atomic mass is 9.99. The summed E-state index contributed by atoms with van der Waals surface area (Å²) in [5, 5.41) is 38.5. The molecule has 4 N–H and O–H groups in total. The van der Waals surface area contributed by atoms with Gasteiger partial charge in [-0.25, -0.2) is 0 Å². The van der Waals surface area contributed by atoms with E-state index in [-0.39, 0.29) is 17.1 Å². The highest BCUT2D eigenvalue weighted by molar-refractivity contribution is 5.37. The molecule has 1 aromatic rings. The molecular weight excluding hydrogens is 298 g/mol. The summed E-state index contributed by atoms with van der Waals surface area (Å²) in [6.07, 6.45) is -5.65. The number of hydrogen-bond donors (Lipinski definition) is 4. The van der Waals surface area contributed by atoms with Crippen molar-refractivity contribution in [3.05, 3.63) is 22.6 Å². The Morgan fingerprint density at radius 3 is 2.50 bits per heavy atom. The van der Waals surface area contributed by atoms with Gasteiger partial charge in [-0.1, -0.05) is 0 Å². The van der Waals surface area contributed by atoms with E-state index < -0.39 is 37.3 Å². The van der Waals surface area contributed by atoms with Crippen LogP contribution in [-0.4, -0.2) is 69.4 Å². The maximum absolute atomic E-state index is 11.5. The number of aliphatic hydroxyl groups is 4. The van der Waals surface area contributed by atoms with Crippen LogP contribution in [0.15, 0.2) is 17.1 Å². The van der Waals surface area contributed by atoms with Gasteiger partial charge in [-0.2, -0.15) is 0 Å². The number of pyridine rings is 1. The van der Waals surface area contributed by atoms with Gasteiger partial charge in [0.15, 0.2) is 11.5 Å². The van der Waals surface area contributed by atoms with Gasteiger partial charge in [0.05, 0.1) is 19.9 Å². The highest BCUT2D eigenvalue weighted by Gasteiger charge is 2.45. The van der Waals surface area contributed by atoms with E-state index in [1.807, 2.05) is 0 Å². The van der Waals surface area contributed by atoms with Crippen LogP contribution < -0.4 is 15.0 Å². The van der Waals surface area contributed by atoms with Crippen LogP contribution in [0.4, 0.5) is 0 Å². The Labute approximate surface area is 125 Å².